The summed E-state index contributed by atoms with van der Waals surface area (Å²) in [5.41, 5.74) is 3.98. The fourth-order valence-electron chi connectivity index (χ4n) is 3.27. The minimum absolute atomic E-state index is 0.0148. The number of aromatic nitrogens is 2. The first kappa shape index (κ1) is 14.6. The predicted molar refractivity (Wildman–Crippen MR) is 95.3 cm³/mol. The number of carbonyl (C=O) groups is 1. The van der Waals surface area contributed by atoms with E-state index < -0.39 is 0 Å². The molecule has 122 valence electrons. The monoisotopic (exact) mass is 321 g/mol. The zero-order chi connectivity index (χ0) is 16.5. The van der Waals surface area contributed by atoms with Crippen molar-refractivity contribution in [1.82, 2.24) is 15.5 Å². The third-order valence-corrected chi connectivity index (χ3v) is 4.51. The highest BCUT2D eigenvalue weighted by atomic mass is 16.2. The molecule has 0 saturated carbocycles. The zero-order valence-electron chi connectivity index (χ0n) is 13.4. The van der Waals surface area contributed by atoms with Gasteiger partial charge in [0.15, 0.2) is 0 Å². The molecule has 1 atom stereocenters. The summed E-state index contributed by atoms with van der Waals surface area (Å²) < 4.78 is 0. The van der Waals surface area contributed by atoms with E-state index >= 15 is 0 Å². The van der Waals surface area contributed by atoms with E-state index in [4.69, 9.17) is 0 Å². The largest absolute Gasteiger partial charge is 0.374 e. The molecule has 0 aliphatic carbocycles. The van der Waals surface area contributed by atoms with Crippen molar-refractivity contribution in [3.8, 4) is 0 Å². The number of para-hydroxylation sites is 1. The first-order chi connectivity index (χ1) is 11.7. The molecule has 0 bridgehead atoms. The van der Waals surface area contributed by atoms with Gasteiger partial charge in [-0.3, -0.25) is 5.10 Å². The lowest BCUT2D eigenvalue weighted by molar-refractivity contribution is 0.247. The normalized spacial score (nSPS) is 16.7. The van der Waals surface area contributed by atoms with Gasteiger partial charge in [0.05, 0.1) is 23.4 Å². The molecule has 2 aromatic carbocycles. The number of anilines is 2. The Balaban J connectivity index is 1.53. The van der Waals surface area contributed by atoms with E-state index in [1.807, 2.05) is 30.3 Å². The second-order valence-electron chi connectivity index (χ2n) is 6.06. The Labute approximate surface area is 139 Å². The fraction of sp³-hybridized carbons (Fsp3) is 0.222. The van der Waals surface area contributed by atoms with Gasteiger partial charge in [0.25, 0.3) is 0 Å². The van der Waals surface area contributed by atoms with Crippen molar-refractivity contribution in [2.24, 2.45) is 0 Å². The van der Waals surface area contributed by atoms with Crippen LogP contribution in [0.4, 0.5) is 16.2 Å². The zero-order valence-corrected chi connectivity index (χ0v) is 13.4. The molecule has 3 N–H and O–H groups in total. The molecule has 0 spiro atoms. The first-order valence-corrected chi connectivity index (χ1v) is 8.02. The highest BCUT2D eigenvalue weighted by Gasteiger charge is 2.24. The van der Waals surface area contributed by atoms with E-state index in [1.165, 1.54) is 5.69 Å². The van der Waals surface area contributed by atoms with Gasteiger partial charge in [-0.15, -0.1) is 0 Å². The number of amides is 2. The smallest absolute Gasteiger partial charge is 0.319 e. The molecule has 1 unspecified atom stereocenters. The molecule has 2 heterocycles. The van der Waals surface area contributed by atoms with Crippen LogP contribution in [0.1, 0.15) is 18.0 Å². The molecule has 6 nitrogen and oxygen atoms in total. The number of nitrogens with one attached hydrogen (secondary N) is 3. The lowest BCUT2D eigenvalue weighted by atomic mass is 9.97. The summed E-state index contributed by atoms with van der Waals surface area (Å²) in [6.07, 6.45) is 2.60. The molecule has 0 fully saturated rings. The van der Waals surface area contributed by atoms with Crippen LogP contribution in [0.15, 0.2) is 48.7 Å². The van der Waals surface area contributed by atoms with Gasteiger partial charge >= 0.3 is 6.03 Å². The van der Waals surface area contributed by atoms with Crippen LogP contribution in [-0.2, 0) is 0 Å². The van der Waals surface area contributed by atoms with Gasteiger partial charge in [-0.25, -0.2) is 4.79 Å². The van der Waals surface area contributed by atoms with E-state index in [0.717, 1.165) is 35.1 Å². The first-order valence-electron chi connectivity index (χ1n) is 8.02. The molecular weight excluding hydrogens is 302 g/mol. The molecule has 4 rings (SSSR count). The summed E-state index contributed by atoms with van der Waals surface area (Å²) in [5, 5.41) is 13.9. The average molecular weight is 321 g/mol. The van der Waals surface area contributed by atoms with Gasteiger partial charge < -0.3 is 15.5 Å². The number of hydrogen-bond donors (Lipinski definition) is 3. The van der Waals surface area contributed by atoms with Crippen LogP contribution in [0.3, 0.4) is 0 Å². The maximum absolute atomic E-state index is 12.5. The van der Waals surface area contributed by atoms with Gasteiger partial charge in [-0.2, -0.15) is 5.10 Å². The number of rotatable bonds is 2. The molecule has 1 aromatic heterocycles. The molecule has 1 aliphatic rings. The Kier molecular flexibility index (Phi) is 3.57. The minimum Gasteiger partial charge on any atom is -0.374 e. The second-order valence-corrected chi connectivity index (χ2v) is 6.06. The van der Waals surface area contributed by atoms with E-state index in [-0.39, 0.29) is 12.1 Å². The van der Waals surface area contributed by atoms with Crippen molar-refractivity contribution in [3.05, 3.63) is 54.2 Å². The molecule has 2 amide bonds. The van der Waals surface area contributed by atoms with Gasteiger partial charge in [0.2, 0.25) is 0 Å². The van der Waals surface area contributed by atoms with Crippen LogP contribution >= 0.6 is 0 Å². The van der Waals surface area contributed by atoms with Crippen LogP contribution in [0.2, 0.25) is 0 Å². The summed E-state index contributed by atoms with van der Waals surface area (Å²) in [6.45, 7) is 0.916. The van der Waals surface area contributed by atoms with E-state index in [1.54, 1.807) is 6.20 Å². The van der Waals surface area contributed by atoms with Gasteiger partial charge in [-0.05, 0) is 30.2 Å². The highest BCUT2D eigenvalue weighted by Crippen LogP contribution is 2.32. The third-order valence-electron chi connectivity index (χ3n) is 4.51. The van der Waals surface area contributed by atoms with Crippen LogP contribution in [0, 0.1) is 0 Å². The molecule has 3 aromatic rings. The maximum atomic E-state index is 12.5. The topological polar surface area (TPSA) is 73.1 Å². The van der Waals surface area contributed by atoms with Crippen molar-refractivity contribution in [2.75, 3.05) is 23.8 Å². The molecule has 6 heteroatoms. The summed E-state index contributed by atoms with van der Waals surface area (Å²) in [5.74, 6) is 0. The minimum atomic E-state index is -0.201. The van der Waals surface area contributed by atoms with Crippen LogP contribution in [0.5, 0.6) is 0 Å². The Morgan fingerprint density at radius 1 is 1.25 bits per heavy atom. The Bertz CT molecular complexity index is 888. The molecular formula is C18H19N5O. The molecule has 24 heavy (non-hydrogen) atoms. The Morgan fingerprint density at radius 3 is 3.04 bits per heavy atom. The van der Waals surface area contributed by atoms with Crippen molar-refractivity contribution in [1.29, 1.82) is 0 Å². The lowest BCUT2D eigenvalue weighted by Crippen LogP contribution is -2.38. The number of aromatic amines is 1. The van der Waals surface area contributed by atoms with E-state index in [0.29, 0.717) is 0 Å². The van der Waals surface area contributed by atoms with Crippen molar-refractivity contribution >= 4 is 28.3 Å². The Morgan fingerprint density at radius 2 is 2.12 bits per heavy atom. The van der Waals surface area contributed by atoms with E-state index in [2.05, 4.69) is 44.9 Å². The summed E-state index contributed by atoms with van der Waals surface area (Å²) in [6, 6.07) is 13.7. The number of urea groups is 1. The molecule has 1 aliphatic heterocycles. The maximum Gasteiger partial charge on any atom is 0.319 e. The number of nitrogens with zero attached hydrogens (tertiary/aromatic N) is 2. The predicted octanol–water partition coefficient (Wildman–Crippen LogP) is 3.27. The fourth-order valence-corrected chi connectivity index (χ4v) is 3.27. The number of fused-ring (bicyclic) bond motifs is 2. The molecule has 0 radical (unpaired) electrons. The van der Waals surface area contributed by atoms with Crippen molar-refractivity contribution in [3.63, 3.8) is 0 Å². The third kappa shape index (κ3) is 2.56. The van der Waals surface area contributed by atoms with Gasteiger partial charge in [-0.1, -0.05) is 24.3 Å². The Hall–Kier alpha value is -3.02. The molecule has 0 saturated heterocycles. The quantitative estimate of drug-likeness (QED) is 0.678. The highest BCUT2D eigenvalue weighted by molar-refractivity contribution is 6.00. The number of carbonyl (C=O) groups excluding carboxylic acids is 1. The van der Waals surface area contributed by atoms with Gasteiger partial charge in [0.1, 0.15) is 0 Å². The summed E-state index contributed by atoms with van der Waals surface area (Å²) in [7, 11) is 2.08. The number of hydrogen-bond acceptors (Lipinski definition) is 3. The lowest BCUT2D eigenvalue weighted by Gasteiger charge is -2.33. The van der Waals surface area contributed by atoms with Crippen LogP contribution in [0.25, 0.3) is 10.9 Å². The van der Waals surface area contributed by atoms with Crippen molar-refractivity contribution < 1.29 is 4.79 Å². The van der Waals surface area contributed by atoms with Crippen LogP contribution < -0.4 is 15.5 Å². The van der Waals surface area contributed by atoms with Crippen LogP contribution in [-0.4, -0.2) is 29.8 Å². The summed E-state index contributed by atoms with van der Waals surface area (Å²) >= 11 is 0. The average Bonchev–Trinajstić information content (AvgIpc) is 3.07. The summed E-state index contributed by atoms with van der Waals surface area (Å²) in [4.78, 5) is 14.7. The number of benzene rings is 2. The SMILES string of the molecule is CN1CCC(NC(=O)Nc2cccc3[nH]ncc23)c2ccccc21. The van der Waals surface area contributed by atoms with Gasteiger partial charge in [0, 0.05) is 24.7 Å². The van der Waals surface area contributed by atoms with Crippen molar-refractivity contribution in [2.45, 2.75) is 12.5 Å². The van der Waals surface area contributed by atoms with E-state index in [9.17, 15) is 4.79 Å². The standard InChI is InChI=1S/C18H19N5O/c1-23-10-9-15(12-5-2-3-8-17(12)23)21-18(24)20-14-6-4-7-16-13(14)11-19-22-16/h2-8,11,15H,9-10H2,1H3,(H,19,22)(H2,20,21,24). The second kappa shape index (κ2) is 5.88. The number of H-pyrrole nitrogens is 1.